The molecule has 0 aliphatic rings. The predicted octanol–water partition coefficient (Wildman–Crippen LogP) is 2.46. The molecule has 0 aliphatic heterocycles. The maximum absolute atomic E-state index is 11.9. The van der Waals surface area contributed by atoms with Gasteiger partial charge in [-0.25, -0.2) is 0 Å². The molecule has 3 N–H and O–H groups in total. The maximum Gasteiger partial charge on any atom is 0.446 e. The van der Waals surface area contributed by atoms with E-state index in [9.17, 15) is 13.2 Å². The Balaban J connectivity index is 2.90. The molecule has 6 heteroatoms. The monoisotopic (exact) mass is 223 g/mol. The summed E-state index contributed by atoms with van der Waals surface area (Å²) in [6.07, 6.45) is 0. The normalized spacial score (nSPS) is 11.7. The average molecular weight is 223 g/mol. The third-order valence-corrected chi connectivity index (χ3v) is 2.23. The van der Waals surface area contributed by atoms with Crippen LogP contribution in [0.15, 0.2) is 23.1 Å². The van der Waals surface area contributed by atoms with Crippen LogP contribution < -0.4 is 5.73 Å². The van der Waals surface area contributed by atoms with Crippen LogP contribution in [0.5, 0.6) is 5.75 Å². The molecule has 0 aromatic heterocycles. The number of thioether (sulfide) groups is 1. The van der Waals surface area contributed by atoms with E-state index in [1.54, 1.807) is 0 Å². The number of nitrogens with two attached hydrogens (primary N) is 1. The van der Waals surface area contributed by atoms with E-state index in [1.165, 1.54) is 18.2 Å². The Morgan fingerprint density at radius 3 is 2.50 bits per heavy atom. The van der Waals surface area contributed by atoms with E-state index in [0.717, 1.165) is 0 Å². The van der Waals surface area contributed by atoms with E-state index < -0.39 is 5.51 Å². The zero-order valence-electron chi connectivity index (χ0n) is 7.01. The molecule has 78 valence electrons. The van der Waals surface area contributed by atoms with Crippen LogP contribution in [-0.4, -0.2) is 10.6 Å². The summed E-state index contributed by atoms with van der Waals surface area (Å²) < 4.78 is 35.8. The topological polar surface area (TPSA) is 46.2 Å². The first-order valence-corrected chi connectivity index (χ1v) is 4.52. The Bertz CT molecular complexity index is 327. The van der Waals surface area contributed by atoms with Gasteiger partial charge in [0.2, 0.25) is 0 Å². The highest BCUT2D eigenvalue weighted by molar-refractivity contribution is 8.00. The van der Waals surface area contributed by atoms with Gasteiger partial charge in [-0.2, -0.15) is 13.2 Å². The van der Waals surface area contributed by atoms with Gasteiger partial charge < -0.3 is 10.8 Å². The lowest BCUT2D eigenvalue weighted by Gasteiger charge is -2.07. The number of hydrogen-bond donors (Lipinski definition) is 2. The summed E-state index contributed by atoms with van der Waals surface area (Å²) in [5.41, 5.74) is 1.22. The predicted molar refractivity (Wildman–Crippen MR) is 47.9 cm³/mol. The summed E-state index contributed by atoms with van der Waals surface area (Å²) in [5, 5.41) is 9.16. The van der Waals surface area contributed by atoms with Crippen molar-refractivity contribution >= 4 is 11.8 Å². The molecule has 0 amide bonds. The van der Waals surface area contributed by atoms with Crippen LogP contribution in [0.25, 0.3) is 0 Å². The Morgan fingerprint density at radius 1 is 1.36 bits per heavy atom. The van der Waals surface area contributed by atoms with Crippen LogP contribution in [0, 0.1) is 0 Å². The van der Waals surface area contributed by atoms with Gasteiger partial charge in [-0.05, 0) is 30.0 Å². The third-order valence-electron chi connectivity index (χ3n) is 1.50. The summed E-state index contributed by atoms with van der Waals surface area (Å²) in [4.78, 5) is 0.0238. The van der Waals surface area contributed by atoms with Gasteiger partial charge in [0.15, 0.2) is 0 Å². The van der Waals surface area contributed by atoms with Gasteiger partial charge in [0.1, 0.15) is 5.75 Å². The number of rotatable bonds is 2. The van der Waals surface area contributed by atoms with Crippen molar-refractivity contribution in [2.45, 2.75) is 16.9 Å². The number of benzene rings is 1. The summed E-state index contributed by atoms with van der Waals surface area (Å²) in [6, 6.07) is 3.64. The molecular weight excluding hydrogens is 215 g/mol. The lowest BCUT2D eigenvalue weighted by molar-refractivity contribution is -0.0328. The van der Waals surface area contributed by atoms with Gasteiger partial charge >= 0.3 is 5.51 Å². The highest BCUT2D eigenvalue weighted by atomic mass is 32.2. The number of aromatic hydroxyl groups is 1. The Hall–Kier alpha value is -0.880. The number of phenols is 1. The molecule has 0 radical (unpaired) electrons. The van der Waals surface area contributed by atoms with E-state index >= 15 is 0 Å². The zero-order valence-corrected chi connectivity index (χ0v) is 7.82. The first-order valence-electron chi connectivity index (χ1n) is 3.70. The van der Waals surface area contributed by atoms with E-state index in [-0.39, 0.29) is 29.0 Å². The fourth-order valence-corrected chi connectivity index (χ4v) is 1.53. The molecule has 0 heterocycles. The van der Waals surface area contributed by atoms with Crippen molar-refractivity contribution in [3.05, 3.63) is 23.8 Å². The minimum absolute atomic E-state index is 0.0120. The molecular formula is C8H8F3NOS. The van der Waals surface area contributed by atoms with Crippen LogP contribution >= 0.6 is 11.8 Å². The molecule has 0 atom stereocenters. The summed E-state index contributed by atoms with van der Waals surface area (Å²) in [6.45, 7) is 0.0120. The van der Waals surface area contributed by atoms with E-state index in [4.69, 9.17) is 10.8 Å². The first kappa shape index (κ1) is 11.2. The quantitative estimate of drug-likeness (QED) is 0.757. The fourth-order valence-electron chi connectivity index (χ4n) is 0.922. The van der Waals surface area contributed by atoms with E-state index in [1.807, 2.05) is 0 Å². The number of halogens is 3. The molecule has 0 unspecified atom stereocenters. The fraction of sp³-hybridized carbons (Fsp3) is 0.250. The van der Waals surface area contributed by atoms with Gasteiger partial charge in [-0.1, -0.05) is 0 Å². The zero-order chi connectivity index (χ0) is 10.8. The van der Waals surface area contributed by atoms with Crippen molar-refractivity contribution in [2.24, 2.45) is 5.73 Å². The lowest BCUT2D eigenvalue weighted by atomic mass is 10.2. The Kier molecular flexibility index (Phi) is 3.28. The van der Waals surface area contributed by atoms with Crippen molar-refractivity contribution in [2.75, 3.05) is 0 Å². The van der Waals surface area contributed by atoms with Crippen LogP contribution in [-0.2, 0) is 6.54 Å². The molecule has 0 bridgehead atoms. The minimum Gasteiger partial charge on any atom is -0.508 e. The largest absolute Gasteiger partial charge is 0.508 e. The minimum atomic E-state index is -4.32. The molecule has 0 spiro atoms. The van der Waals surface area contributed by atoms with Gasteiger partial charge in [0.05, 0.1) is 0 Å². The number of hydrogen-bond acceptors (Lipinski definition) is 3. The molecule has 0 fully saturated rings. The Morgan fingerprint density at radius 2 is 2.00 bits per heavy atom. The highest BCUT2D eigenvalue weighted by Gasteiger charge is 2.29. The van der Waals surface area contributed by atoms with Crippen molar-refractivity contribution in [3.63, 3.8) is 0 Å². The van der Waals surface area contributed by atoms with Crippen LogP contribution in [0.2, 0.25) is 0 Å². The van der Waals surface area contributed by atoms with Gasteiger partial charge in [0.25, 0.3) is 0 Å². The van der Waals surface area contributed by atoms with Crippen molar-refractivity contribution in [3.8, 4) is 5.75 Å². The van der Waals surface area contributed by atoms with Gasteiger partial charge in [-0.3, -0.25) is 0 Å². The third kappa shape index (κ3) is 3.12. The number of phenolic OH excluding ortho intramolecular Hbond substituents is 1. The molecule has 14 heavy (non-hydrogen) atoms. The van der Waals surface area contributed by atoms with Gasteiger partial charge in [0, 0.05) is 17.0 Å². The lowest BCUT2D eigenvalue weighted by Crippen LogP contribution is -2.01. The van der Waals surface area contributed by atoms with Crippen LogP contribution in [0.1, 0.15) is 5.56 Å². The summed E-state index contributed by atoms with van der Waals surface area (Å²) in [7, 11) is 0. The molecule has 0 saturated carbocycles. The Labute approximate surface area is 82.9 Å². The molecule has 0 saturated heterocycles. The van der Waals surface area contributed by atoms with Crippen molar-refractivity contribution < 1.29 is 18.3 Å². The molecule has 1 aromatic carbocycles. The van der Waals surface area contributed by atoms with E-state index in [0.29, 0.717) is 5.56 Å². The van der Waals surface area contributed by atoms with E-state index in [2.05, 4.69) is 0 Å². The molecule has 2 nitrogen and oxygen atoms in total. The molecule has 0 aliphatic carbocycles. The standard InChI is InChI=1S/C8H8F3NOS/c9-8(10,11)14-6-1-2-7(13)5(3-6)4-12/h1-3,13H,4,12H2. The smallest absolute Gasteiger partial charge is 0.446 e. The van der Waals surface area contributed by atoms with Crippen molar-refractivity contribution in [1.82, 2.24) is 0 Å². The van der Waals surface area contributed by atoms with Gasteiger partial charge in [-0.15, -0.1) is 0 Å². The van der Waals surface area contributed by atoms with Crippen LogP contribution in [0.3, 0.4) is 0 Å². The number of alkyl halides is 3. The molecule has 1 rings (SSSR count). The second kappa shape index (κ2) is 4.10. The summed E-state index contributed by atoms with van der Waals surface area (Å²) in [5.74, 6) is -0.0842. The van der Waals surface area contributed by atoms with Crippen molar-refractivity contribution in [1.29, 1.82) is 0 Å². The van der Waals surface area contributed by atoms with Crippen LogP contribution in [0.4, 0.5) is 13.2 Å². The average Bonchev–Trinajstić information content (AvgIpc) is 2.06. The summed E-state index contributed by atoms with van der Waals surface area (Å²) >= 11 is -0.228. The second-order valence-corrected chi connectivity index (χ2v) is 3.68. The SMILES string of the molecule is NCc1cc(SC(F)(F)F)ccc1O. The maximum atomic E-state index is 11.9. The second-order valence-electron chi connectivity index (χ2n) is 2.54. The molecule has 1 aromatic rings. The first-order chi connectivity index (χ1) is 6.42. The highest BCUT2D eigenvalue weighted by Crippen LogP contribution is 2.38.